The number of hydrogen-bond donors (Lipinski definition) is 2. The second-order valence-corrected chi connectivity index (χ2v) is 7.00. The third-order valence-corrected chi connectivity index (χ3v) is 4.89. The highest BCUT2D eigenvalue weighted by atomic mass is 35.5. The van der Waals surface area contributed by atoms with Crippen molar-refractivity contribution in [2.24, 2.45) is 0 Å². The minimum atomic E-state index is -1.26. The average Bonchev–Trinajstić information content (AvgIpc) is 2.95. The van der Waals surface area contributed by atoms with Gasteiger partial charge in [0.15, 0.2) is 0 Å². The molecule has 1 aromatic carbocycles. The van der Waals surface area contributed by atoms with Gasteiger partial charge in [0.25, 0.3) is 0 Å². The third kappa shape index (κ3) is 4.33. The summed E-state index contributed by atoms with van der Waals surface area (Å²) in [5.74, 6) is -1.39. The fourth-order valence-electron chi connectivity index (χ4n) is 2.39. The maximum absolute atomic E-state index is 12.2. The lowest BCUT2D eigenvalue weighted by Crippen LogP contribution is -2.52. The van der Waals surface area contributed by atoms with Gasteiger partial charge in [-0.15, -0.1) is 11.3 Å². The molecule has 1 amide bonds. The van der Waals surface area contributed by atoms with Gasteiger partial charge in [0.05, 0.1) is 17.1 Å². The fourth-order valence-corrected chi connectivity index (χ4v) is 3.53. The molecular weight excluding hydrogens is 348 g/mol. The molecule has 0 saturated heterocycles. The van der Waals surface area contributed by atoms with Gasteiger partial charge < -0.3 is 10.4 Å². The lowest BCUT2D eigenvalue weighted by atomic mass is 9.96. The van der Waals surface area contributed by atoms with E-state index in [2.05, 4.69) is 10.3 Å². The number of carboxylic acids is 1. The highest BCUT2D eigenvalue weighted by Crippen LogP contribution is 2.30. The largest absolute Gasteiger partial charge is 0.480 e. The molecule has 5 nitrogen and oxygen atoms in total. The first-order valence-electron chi connectivity index (χ1n) is 7.59. The van der Waals surface area contributed by atoms with Gasteiger partial charge in [-0.2, -0.15) is 0 Å². The molecule has 2 rings (SSSR count). The number of carbonyl (C=O) groups is 2. The smallest absolute Gasteiger partial charge is 0.329 e. The summed E-state index contributed by atoms with van der Waals surface area (Å²) in [6.07, 6.45) is 1.07. The zero-order valence-corrected chi connectivity index (χ0v) is 15.1. The number of nitrogens with one attached hydrogen (secondary N) is 1. The van der Waals surface area contributed by atoms with E-state index in [0.29, 0.717) is 23.6 Å². The predicted octanol–water partition coefficient (Wildman–Crippen LogP) is 3.77. The molecule has 1 atom stereocenters. The number of aliphatic carboxylic acids is 1. The van der Waals surface area contributed by atoms with E-state index in [-0.39, 0.29) is 12.3 Å². The van der Waals surface area contributed by atoms with E-state index in [1.54, 1.807) is 11.4 Å². The Morgan fingerprint density at radius 3 is 2.71 bits per heavy atom. The van der Waals surface area contributed by atoms with Crippen LogP contribution in [0.4, 0.5) is 0 Å². The Hall–Kier alpha value is -1.92. The average molecular weight is 367 g/mol. The highest BCUT2D eigenvalue weighted by Gasteiger charge is 2.33. The van der Waals surface area contributed by atoms with Crippen LogP contribution in [0, 0.1) is 0 Å². The van der Waals surface area contributed by atoms with Crippen LogP contribution < -0.4 is 5.32 Å². The van der Waals surface area contributed by atoms with Crippen LogP contribution in [0.1, 0.15) is 32.4 Å². The summed E-state index contributed by atoms with van der Waals surface area (Å²) in [7, 11) is 0. The molecule has 0 bridgehead atoms. The fraction of sp³-hybridized carbons (Fsp3) is 0.353. The van der Waals surface area contributed by atoms with Crippen LogP contribution in [-0.2, 0) is 16.0 Å². The molecule has 24 heavy (non-hydrogen) atoms. The zero-order valence-electron chi connectivity index (χ0n) is 13.5. The summed E-state index contributed by atoms with van der Waals surface area (Å²) in [5, 5.41) is 15.0. The van der Waals surface area contributed by atoms with Crippen LogP contribution in [0.15, 0.2) is 29.6 Å². The number of carboxylic acid groups (broad SMARTS) is 1. The van der Waals surface area contributed by atoms with Gasteiger partial charge in [0.1, 0.15) is 10.5 Å². The van der Waals surface area contributed by atoms with Crippen molar-refractivity contribution in [3.05, 3.63) is 40.4 Å². The van der Waals surface area contributed by atoms with E-state index in [1.165, 1.54) is 18.3 Å². The SMILES string of the molecule is CCCC(C)(NC(=O)Cc1csc(-c2ccccc2Cl)n1)C(=O)O. The summed E-state index contributed by atoms with van der Waals surface area (Å²) in [5.41, 5.74) is 0.154. The van der Waals surface area contributed by atoms with Crippen molar-refractivity contribution in [1.29, 1.82) is 0 Å². The Morgan fingerprint density at radius 1 is 1.38 bits per heavy atom. The summed E-state index contributed by atoms with van der Waals surface area (Å²) in [4.78, 5) is 28.0. The molecule has 0 saturated carbocycles. The van der Waals surface area contributed by atoms with Gasteiger partial charge in [-0.25, -0.2) is 9.78 Å². The standard InChI is InChI=1S/C17H19ClN2O3S/c1-3-8-17(2,16(22)23)20-14(21)9-11-10-24-15(19-11)12-6-4-5-7-13(12)18/h4-7,10H,3,8-9H2,1-2H3,(H,20,21)(H,22,23). The van der Waals surface area contributed by atoms with Crippen molar-refractivity contribution in [2.75, 3.05) is 0 Å². The molecule has 0 aliphatic rings. The maximum Gasteiger partial charge on any atom is 0.329 e. The molecule has 1 heterocycles. The number of halogens is 1. The lowest BCUT2D eigenvalue weighted by Gasteiger charge is -2.25. The zero-order chi connectivity index (χ0) is 17.7. The first-order valence-corrected chi connectivity index (χ1v) is 8.85. The van der Waals surface area contributed by atoms with Gasteiger partial charge in [-0.05, 0) is 19.4 Å². The molecule has 2 N–H and O–H groups in total. The number of amides is 1. The van der Waals surface area contributed by atoms with Crippen LogP contribution in [0.5, 0.6) is 0 Å². The number of rotatable bonds is 7. The molecule has 128 valence electrons. The first-order chi connectivity index (χ1) is 11.4. The summed E-state index contributed by atoms with van der Waals surface area (Å²) in [6, 6.07) is 7.37. The molecule has 0 spiro atoms. The van der Waals surface area contributed by atoms with Crippen LogP contribution in [0.3, 0.4) is 0 Å². The van der Waals surface area contributed by atoms with Crippen molar-refractivity contribution < 1.29 is 14.7 Å². The van der Waals surface area contributed by atoms with Crippen molar-refractivity contribution in [1.82, 2.24) is 10.3 Å². The quantitative estimate of drug-likeness (QED) is 0.781. The predicted molar refractivity (Wildman–Crippen MR) is 95.4 cm³/mol. The number of nitrogens with zero attached hydrogens (tertiary/aromatic N) is 1. The van der Waals surface area contributed by atoms with Crippen molar-refractivity contribution >= 4 is 34.8 Å². The van der Waals surface area contributed by atoms with Crippen molar-refractivity contribution in [3.63, 3.8) is 0 Å². The normalized spacial score (nSPS) is 13.3. The molecule has 2 aromatic rings. The Morgan fingerprint density at radius 2 is 2.08 bits per heavy atom. The van der Waals surface area contributed by atoms with E-state index in [9.17, 15) is 14.7 Å². The number of thiazole rings is 1. The molecule has 0 fully saturated rings. The number of benzene rings is 1. The van der Waals surface area contributed by atoms with Gasteiger partial charge >= 0.3 is 5.97 Å². The Balaban J connectivity index is 2.08. The molecule has 1 aromatic heterocycles. The number of aromatic nitrogens is 1. The van der Waals surface area contributed by atoms with Crippen LogP contribution in [0.25, 0.3) is 10.6 Å². The second-order valence-electron chi connectivity index (χ2n) is 5.74. The van der Waals surface area contributed by atoms with Gasteiger partial charge in [-0.3, -0.25) is 4.79 Å². The third-order valence-electron chi connectivity index (χ3n) is 3.64. The maximum atomic E-state index is 12.2. The van der Waals surface area contributed by atoms with Crippen molar-refractivity contribution in [3.8, 4) is 10.6 Å². The van der Waals surface area contributed by atoms with Crippen LogP contribution in [-0.4, -0.2) is 27.5 Å². The van der Waals surface area contributed by atoms with Gasteiger partial charge in [0.2, 0.25) is 5.91 Å². The summed E-state index contributed by atoms with van der Waals surface area (Å²) in [6.45, 7) is 3.40. The molecule has 0 aliphatic carbocycles. The van der Waals surface area contributed by atoms with Crippen LogP contribution in [0.2, 0.25) is 5.02 Å². The lowest BCUT2D eigenvalue weighted by molar-refractivity contribution is -0.147. The van der Waals surface area contributed by atoms with Gasteiger partial charge in [0, 0.05) is 10.9 Å². The van der Waals surface area contributed by atoms with Gasteiger partial charge in [-0.1, -0.05) is 43.1 Å². The van der Waals surface area contributed by atoms with Crippen LogP contribution >= 0.6 is 22.9 Å². The Kier molecular flexibility index (Phi) is 5.96. The van der Waals surface area contributed by atoms with E-state index >= 15 is 0 Å². The highest BCUT2D eigenvalue weighted by molar-refractivity contribution is 7.13. The monoisotopic (exact) mass is 366 g/mol. The minimum Gasteiger partial charge on any atom is -0.480 e. The van der Waals surface area contributed by atoms with E-state index in [0.717, 1.165) is 10.6 Å². The molecule has 1 unspecified atom stereocenters. The van der Waals surface area contributed by atoms with E-state index in [4.69, 9.17) is 11.6 Å². The van der Waals surface area contributed by atoms with E-state index in [1.807, 2.05) is 25.1 Å². The van der Waals surface area contributed by atoms with Crippen molar-refractivity contribution in [2.45, 2.75) is 38.6 Å². The molecular formula is C17H19ClN2O3S. The van der Waals surface area contributed by atoms with E-state index < -0.39 is 11.5 Å². The topological polar surface area (TPSA) is 79.3 Å². The molecule has 7 heteroatoms. The number of hydrogen-bond acceptors (Lipinski definition) is 4. The molecule has 0 aliphatic heterocycles. The molecule has 0 radical (unpaired) electrons. The Labute approximate surface area is 149 Å². The first kappa shape index (κ1) is 18.4. The number of carbonyl (C=O) groups excluding carboxylic acids is 1. The Bertz CT molecular complexity index is 747. The minimum absolute atomic E-state index is 0.0353. The second kappa shape index (κ2) is 7.77. The summed E-state index contributed by atoms with van der Waals surface area (Å²) < 4.78 is 0. The summed E-state index contributed by atoms with van der Waals surface area (Å²) >= 11 is 7.55.